The topological polar surface area (TPSA) is 38.3 Å². The second-order valence-corrected chi connectivity index (χ2v) is 6.87. The minimum Gasteiger partial charge on any atom is -0.488 e. The summed E-state index contributed by atoms with van der Waals surface area (Å²) in [5, 5.41) is 4.77. The molecular weight excluding hydrogens is 361 g/mol. The molecule has 0 unspecified atom stereocenters. The molecule has 1 heterocycles. The fourth-order valence-corrected chi connectivity index (χ4v) is 3.35. The van der Waals surface area contributed by atoms with Gasteiger partial charge < -0.3 is 10.1 Å². The molecule has 5 heteroatoms. The Morgan fingerprint density at radius 1 is 1.15 bits per heavy atom. The van der Waals surface area contributed by atoms with Crippen LogP contribution >= 0.6 is 11.3 Å². The number of allylic oxidation sites excluding steroid dienone is 1. The molecule has 0 saturated carbocycles. The summed E-state index contributed by atoms with van der Waals surface area (Å²) in [6.45, 7) is 2.72. The number of ether oxygens (including phenoxy) is 1. The van der Waals surface area contributed by atoms with Gasteiger partial charge in [-0.3, -0.25) is 4.79 Å². The monoisotopic (exact) mass is 381 g/mol. The van der Waals surface area contributed by atoms with Crippen LogP contribution in [0.15, 0.2) is 66.1 Å². The van der Waals surface area contributed by atoms with Crippen molar-refractivity contribution in [2.45, 2.75) is 20.1 Å². The van der Waals surface area contributed by atoms with Crippen molar-refractivity contribution in [3.63, 3.8) is 0 Å². The molecule has 1 aromatic heterocycles. The summed E-state index contributed by atoms with van der Waals surface area (Å²) in [5.74, 6) is 0.373. The molecule has 1 amide bonds. The first-order valence-electron chi connectivity index (χ1n) is 8.60. The summed E-state index contributed by atoms with van der Waals surface area (Å²) in [5.41, 5.74) is 2.82. The summed E-state index contributed by atoms with van der Waals surface area (Å²) in [6, 6.07) is 15.7. The van der Waals surface area contributed by atoms with Crippen molar-refractivity contribution in [1.29, 1.82) is 0 Å². The van der Waals surface area contributed by atoms with Crippen LogP contribution in [0.3, 0.4) is 0 Å². The number of halogens is 1. The maximum absolute atomic E-state index is 12.9. The first-order valence-corrected chi connectivity index (χ1v) is 9.48. The van der Waals surface area contributed by atoms with E-state index in [0.29, 0.717) is 18.0 Å². The van der Waals surface area contributed by atoms with Crippen molar-refractivity contribution in [3.05, 3.63) is 93.4 Å². The molecule has 0 atom stereocenters. The number of benzene rings is 2. The van der Waals surface area contributed by atoms with Gasteiger partial charge in [-0.1, -0.05) is 42.5 Å². The Labute approximate surface area is 162 Å². The summed E-state index contributed by atoms with van der Waals surface area (Å²) >= 11 is 1.38. The summed E-state index contributed by atoms with van der Waals surface area (Å²) in [4.78, 5) is 12.9. The van der Waals surface area contributed by atoms with E-state index in [2.05, 4.69) is 5.32 Å². The van der Waals surface area contributed by atoms with Crippen LogP contribution in [0.4, 0.5) is 4.39 Å². The quantitative estimate of drug-likeness (QED) is 0.593. The highest BCUT2D eigenvalue weighted by molar-refractivity contribution is 7.12. The van der Waals surface area contributed by atoms with Crippen LogP contribution in [0.25, 0.3) is 6.08 Å². The van der Waals surface area contributed by atoms with Crippen molar-refractivity contribution in [2.75, 3.05) is 0 Å². The van der Waals surface area contributed by atoms with E-state index < -0.39 is 0 Å². The highest BCUT2D eigenvalue weighted by atomic mass is 32.1. The van der Waals surface area contributed by atoms with Crippen LogP contribution in [0.2, 0.25) is 0 Å². The van der Waals surface area contributed by atoms with E-state index >= 15 is 0 Å². The molecule has 0 aliphatic rings. The zero-order valence-corrected chi connectivity index (χ0v) is 15.8. The Hall–Kier alpha value is -2.92. The first kappa shape index (κ1) is 18.9. The van der Waals surface area contributed by atoms with E-state index in [1.54, 1.807) is 12.1 Å². The normalized spacial score (nSPS) is 10.9. The number of carbonyl (C=O) groups is 1. The van der Waals surface area contributed by atoms with E-state index in [1.165, 1.54) is 23.5 Å². The molecule has 0 fully saturated rings. The van der Waals surface area contributed by atoms with Crippen LogP contribution in [0.1, 0.15) is 33.3 Å². The highest BCUT2D eigenvalue weighted by Crippen LogP contribution is 2.22. The Balaban J connectivity index is 1.56. The van der Waals surface area contributed by atoms with Crippen LogP contribution in [-0.2, 0) is 13.2 Å². The molecule has 0 aliphatic heterocycles. The minimum absolute atomic E-state index is 0.148. The van der Waals surface area contributed by atoms with Crippen LogP contribution in [0.5, 0.6) is 5.75 Å². The average Bonchev–Trinajstić information content (AvgIpc) is 3.16. The van der Waals surface area contributed by atoms with Crippen molar-refractivity contribution in [2.24, 2.45) is 0 Å². The second kappa shape index (κ2) is 9.14. The molecule has 0 saturated heterocycles. The molecule has 0 aliphatic carbocycles. The van der Waals surface area contributed by atoms with E-state index in [9.17, 15) is 9.18 Å². The van der Waals surface area contributed by atoms with Gasteiger partial charge in [0, 0.05) is 17.7 Å². The van der Waals surface area contributed by atoms with E-state index in [0.717, 1.165) is 22.4 Å². The standard InChI is InChI=1S/C22H20FNO2S/c1-2-5-18-6-3-4-7-20(18)26-14-17-12-21(27-15-17)22(25)24-13-16-8-10-19(23)11-9-16/h2-12,15H,13-14H2,1H3,(H,24,25)/b5-2+. The zero-order valence-electron chi connectivity index (χ0n) is 14.9. The van der Waals surface area contributed by atoms with Gasteiger partial charge in [-0.2, -0.15) is 0 Å². The first-order chi connectivity index (χ1) is 13.2. The molecule has 0 spiro atoms. The number of hydrogen-bond donors (Lipinski definition) is 1. The van der Waals surface area contributed by atoms with Crippen molar-refractivity contribution in [3.8, 4) is 5.75 Å². The van der Waals surface area contributed by atoms with Gasteiger partial charge in [-0.15, -0.1) is 11.3 Å². The minimum atomic E-state index is -0.288. The van der Waals surface area contributed by atoms with Gasteiger partial charge in [0.05, 0.1) is 4.88 Å². The number of thiophene rings is 1. The molecule has 27 heavy (non-hydrogen) atoms. The highest BCUT2D eigenvalue weighted by Gasteiger charge is 2.10. The molecular formula is C22H20FNO2S. The van der Waals surface area contributed by atoms with E-state index in [1.807, 2.05) is 54.8 Å². The zero-order chi connectivity index (χ0) is 19.1. The molecule has 0 bridgehead atoms. The van der Waals surface area contributed by atoms with Crippen molar-refractivity contribution in [1.82, 2.24) is 5.32 Å². The van der Waals surface area contributed by atoms with Gasteiger partial charge in [-0.25, -0.2) is 4.39 Å². The lowest BCUT2D eigenvalue weighted by Crippen LogP contribution is -2.21. The van der Waals surface area contributed by atoms with Gasteiger partial charge >= 0.3 is 0 Å². The van der Waals surface area contributed by atoms with Gasteiger partial charge in [-0.05, 0) is 42.1 Å². The van der Waals surface area contributed by atoms with Gasteiger partial charge in [0.2, 0.25) is 0 Å². The fraction of sp³-hybridized carbons (Fsp3) is 0.136. The third-order valence-corrected chi connectivity index (χ3v) is 4.88. The third-order valence-electron chi connectivity index (χ3n) is 3.90. The van der Waals surface area contributed by atoms with E-state index in [4.69, 9.17) is 4.74 Å². The predicted molar refractivity (Wildman–Crippen MR) is 107 cm³/mol. The second-order valence-electron chi connectivity index (χ2n) is 5.95. The molecule has 1 N–H and O–H groups in total. The summed E-state index contributed by atoms with van der Waals surface area (Å²) in [7, 11) is 0. The lowest BCUT2D eigenvalue weighted by molar-refractivity contribution is 0.0955. The molecule has 0 radical (unpaired) electrons. The Morgan fingerprint density at radius 3 is 2.70 bits per heavy atom. The number of hydrogen-bond acceptors (Lipinski definition) is 3. The third kappa shape index (κ3) is 5.28. The largest absolute Gasteiger partial charge is 0.488 e. The summed E-state index contributed by atoms with van der Waals surface area (Å²) < 4.78 is 18.8. The number of carbonyl (C=O) groups excluding carboxylic acids is 1. The molecule has 2 aromatic carbocycles. The number of para-hydroxylation sites is 1. The SMILES string of the molecule is C/C=C/c1ccccc1OCc1csc(C(=O)NCc2ccc(F)cc2)c1. The van der Waals surface area contributed by atoms with Crippen LogP contribution in [-0.4, -0.2) is 5.91 Å². The Morgan fingerprint density at radius 2 is 1.93 bits per heavy atom. The lowest BCUT2D eigenvalue weighted by atomic mass is 10.2. The van der Waals surface area contributed by atoms with Gasteiger partial charge in [0.25, 0.3) is 5.91 Å². The number of rotatable bonds is 7. The number of nitrogens with one attached hydrogen (secondary N) is 1. The Bertz CT molecular complexity index is 931. The number of amides is 1. The molecule has 3 aromatic rings. The Kier molecular flexibility index (Phi) is 6.39. The molecule has 3 rings (SSSR count). The summed E-state index contributed by atoms with van der Waals surface area (Å²) in [6.07, 6.45) is 3.97. The van der Waals surface area contributed by atoms with Gasteiger partial charge in [0.15, 0.2) is 0 Å². The lowest BCUT2D eigenvalue weighted by Gasteiger charge is -2.08. The van der Waals surface area contributed by atoms with Crippen molar-refractivity contribution < 1.29 is 13.9 Å². The van der Waals surface area contributed by atoms with Crippen molar-refractivity contribution >= 4 is 23.3 Å². The smallest absolute Gasteiger partial charge is 0.261 e. The fourth-order valence-electron chi connectivity index (χ4n) is 2.53. The predicted octanol–water partition coefficient (Wildman–Crippen LogP) is 5.43. The average molecular weight is 381 g/mol. The molecule has 138 valence electrons. The maximum Gasteiger partial charge on any atom is 0.261 e. The van der Waals surface area contributed by atoms with Crippen LogP contribution in [0, 0.1) is 5.82 Å². The maximum atomic E-state index is 12.9. The molecule has 3 nitrogen and oxygen atoms in total. The van der Waals surface area contributed by atoms with Crippen LogP contribution < -0.4 is 10.1 Å². The van der Waals surface area contributed by atoms with Gasteiger partial charge in [0.1, 0.15) is 18.2 Å². The van der Waals surface area contributed by atoms with E-state index in [-0.39, 0.29) is 11.7 Å².